The molecule has 1 N–H and O–H groups in total. The van der Waals surface area contributed by atoms with Gasteiger partial charge in [0, 0.05) is 12.6 Å². The van der Waals surface area contributed by atoms with Crippen LogP contribution in [0.3, 0.4) is 0 Å². The smallest absolute Gasteiger partial charge is 0.296 e. The first-order chi connectivity index (χ1) is 13.1. The molecule has 1 unspecified atom stereocenters. The third-order valence-corrected chi connectivity index (χ3v) is 11.1. The monoisotopic (exact) mass is 419 g/mol. The highest BCUT2D eigenvalue weighted by Gasteiger charge is 2.29. The molecule has 0 aromatic heterocycles. The first-order valence-corrected chi connectivity index (χ1v) is 13.9. The van der Waals surface area contributed by atoms with Crippen LogP contribution in [0.2, 0.25) is 18.6 Å². The van der Waals surface area contributed by atoms with Crippen molar-refractivity contribution in [1.29, 1.82) is 0 Å². The maximum Gasteiger partial charge on any atom is 0.296 e. The highest BCUT2D eigenvalue weighted by atomic mass is 32.2. The highest BCUT2D eigenvalue weighted by Crippen LogP contribution is 2.26. The molecule has 0 radical (unpaired) electrons. The molecule has 0 aliphatic carbocycles. The van der Waals surface area contributed by atoms with Crippen LogP contribution in [0.5, 0.6) is 0 Å². The zero-order valence-corrected chi connectivity index (χ0v) is 18.8. The number of amides is 1. The van der Waals surface area contributed by atoms with E-state index in [1.807, 2.05) is 6.07 Å². The number of hydrogen-bond acceptors (Lipinski definition) is 4. The van der Waals surface area contributed by atoms with Gasteiger partial charge in [-0.2, -0.15) is 8.42 Å². The fourth-order valence-electron chi connectivity index (χ4n) is 3.05. The van der Waals surface area contributed by atoms with Crippen molar-refractivity contribution in [3.8, 4) is 0 Å². The number of carbonyl (C=O) groups is 1. The molecule has 1 atom stereocenters. The molecule has 28 heavy (non-hydrogen) atoms. The molecule has 5 nitrogen and oxygen atoms in total. The fourth-order valence-corrected chi connectivity index (χ4v) is 6.54. The van der Waals surface area contributed by atoms with E-state index in [0.29, 0.717) is 17.6 Å². The maximum atomic E-state index is 12.3. The van der Waals surface area contributed by atoms with Crippen molar-refractivity contribution in [1.82, 2.24) is 0 Å². The normalized spacial score (nSPS) is 13.1. The Kier molecular flexibility index (Phi) is 7.57. The molecule has 0 bridgehead atoms. The predicted molar refractivity (Wildman–Crippen MR) is 116 cm³/mol. The summed E-state index contributed by atoms with van der Waals surface area (Å²) in [5.41, 5.74) is 1.06. The predicted octanol–water partition coefficient (Wildman–Crippen LogP) is 4.14. The van der Waals surface area contributed by atoms with Crippen LogP contribution >= 0.6 is 0 Å². The molecule has 0 saturated heterocycles. The molecule has 0 saturated carbocycles. The summed E-state index contributed by atoms with van der Waals surface area (Å²) in [6.45, 7) is 8.51. The maximum absolute atomic E-state index is 12.3. The van der Waals surface area contributed by atoms with Crippen molar-refractivity contribution in [2.45, 2.75) is 50.2 Å². The molecule has 0 aliphatic heterocycles. The summed E-state index contributed by atoms with van der Waals surface area (Å²) in [7, 11) is -5.39. The number of carbonyl (C=O) groups excluding carboxylic acids is 1. The number of benzene rings is 2. The van der Waals surface area contributed by atoms with Crippen molar-refractivity contribution in [3.63, 3.8) is 0 Å². The van der Waals surface area contributed by atoms with Crippen LogP contribution in [0.4, 0.5) is 5.69 Å². The van der Waals surface area contributed by atoms with Gasteiger partial charge in [-0.15, -0.1) is 0 Å². The number of anilines is 1. The van der Waals surface area contributed by atoms with Crippen molar-refractivity contribution in [3.05, 3.63) is 54.6 Å². The van der Waals surface area contributed by atoms with Gasteiger partial charge >= 0.3 is 0 Å². The van der Waals surface area contributed by atoms with E-state index in [4.69, 9.17) is 4.18 Å². The van der Waals surface area contributed by atoms with E-state index in [9.17, 15) is 13.2 Å². The minimum Gasteiger partial charge on any atom is -0.326 e. The van der Waals surface area contributed by atoms with E-state index >= 15 is 0 Å². The second kappa shape index (κ2) is 9.49. The molecule has 0 aliphatic rings. The zero-order valence-electron chi connectivity index (χ0n) is 16.9. The summed E-state index contributed by atoms with van der Waals surface area (Å²) >= 11 is 0. The molecule has 0 spiro atoms. The lowest BCUT2D eigenvalue weighted by Gasteiger charge is -2.30. The van der Waals surface area contributed by atoms with Crippen LogP contribution in [0.1, 0.15) is 26.7 Å². The van der Waals surface area contributed by atoms with Gasteiger partial charge in [0.05, 0.1) is 19.6 Å². The molecule has 2 aromatic carbocycles. The standard InChI is InChI=1S/C21H29NO4SSi/c1-17(28(3,4)21-10-6-5-7-11-21)9-8-16-26-27(24,25)20-14-12-19(13-15-20)22-18(2)23/h5-7,10-15,17H,8-9,16H2,1-4H3,(H,22,23). The van der Waals surface area contributed by atoms with Gasteiger partial charge in [-0.1, -0.05) is 62.0 Å². The van der Waals surface area contributed by atoms with E-state index in [1.54, 1.807) is 12.1 Å². The lowest BCUT2D eigenvalue weighted by Crippen LogP contribution is -2.45. The van der Waals surface area contributed by atoms with Crippen molar-refractivity contribution >= 4 is 35.0 Å². The minimum absolute atomic E-state index is 0.0913. The van der Waals surface area contributed by atoms with E-state index in [0.717, 1.165) is 6.42 Å². The van der Waals surface area contributed by atoms with Gasteiger partial charge in [-0.25, -0.2) is 0 Å². The Morgan fingerprint density at radius 3 is 2.25 bits per heavy atom. The van der Waals surface area contributed by atoms with Crippen LogP contribution in [-0.2, 0) is 19.1 Å². The van der Waals surface area contributed by atoms with Crippen LogP contribution in [-0.4, -0.2) is 29.0 Å². The summed E-state index contributed by atoms with van der Waals surface area (Å²) in [4.78, 5) is 11.1. The summed E-state index contributed by atoms with van der Waals surface area (Å²) in [6.07, 6.45) is 1.61. The van der Waals surface area contributed by atoms with E-state index < -0.39 is 18.2 Å². The average Bonchev–Trinajstić information content (AvgIpc) is 2.65. The fraction of sp³-hybridized carbons (Fsp3) is 0.381. The van der Waals surface area contributed by atoms with Gasteiger partial charge in [0.15, 0.2) is 0 Å². The minimum atomic E-state index is -3.79. The Morgan fingerprint density at radius 2 is 1.68 bits per heavy atom. The number of rotatable bonds is 9. The molecule has 2 aromatic rings. The molecular formula is C21H29NO4SSi. The third-order valence-electron chi connectivity index (χ3n) is 5.23. The van der Waals surface area contributed by atoms with Crippen LogP contribution in [0.15, 0.2) is 59.5 Å². The molecule has 7 heteroatoms. The Morgan fingerprint density at radius 1 is 1.07 bits per heavy atom. The lowest BCUT2D eigenvalue weighted by atomic mass is 10.2. The number of nitrogens with one attached hydrogen (secondary N) is 1. The molecule has 0 fully saturated rings. The molecule has 2 rings (SSSR count). The first-order valence-electron chi connectivity index (χ1n) is 9.45. The SMILES string of the molecule is CC(=O)Nc1ccc(S(=O)(=O)OCCCC(C)[Si](C)(C)c2ccccc2)cc1. The van der Waals surface area contributed by atoms with Gasteiger partial charge in [-0.3, -0.25) is 8.98 Å². The Hall–Kier alpha value is -1.96. The molecule has 0 heterocycles. The highest BCUT2D eigenvalue weighted by molar-refractivity contribution is 7.86. The van der Waals surface area contributed by atoms with Crippen LogP contribution in [0, 0.1) is 0 Å². The molecular weight excluding hydrogens is 390 g/mol. The average molecular weight is 420 g/mol. The van der Waals surface area contributed by atoms with Gasteiger partial charge in [0.2, 0.25) is 5.91 Å². The Balaban J connectivity index is 1.87. The van der Waals surface area contributed by atoms with E-state index in [-0.39, 0.29) is 17.4 Å². The summed E-state index contributed by atoms with van der Waals surface area (Å²) in [6, 6.07) is 16.5. The van der Waals surface area contributed by atoms with Gasteiger partial charge in [0.1, 0.15) is 0 Å². The Labute approximate surface area is 169 Å². The summed E-state index contributed by atoms with van der Waals surface area (Å²) in [5, 5.41) is 4.02. The van der Waals surface area contributed by atoms with Gasteiger partial charge < -0.3 is 5.32 Å². The lowest BCUT2D eigenvalue weighted by molar-refractivity contribution is -0.114. The summed E-state index contributed by atoms with van der Waals surface area (Å²) in [5.74, 6) is -0.206. The van der Waals surface area contributed by atoms with E-state index in [2.05, 4.69) is 49.6 Å². The summed E-state index contributed by atoms with van der Waals surface area (Å²) < 4.78 is 29.9. The topological polar surface area (TPSA) is 72.5 Å². The second-order valence-corrected chi connectivity index (χ2v) is 14.2. The van der Waals surface area contributed by atoms with Crippen molar-refractivity contribution < 1.29 is 17.4 Å². The second-order valence-electron chi connectivity index (χ2n) is 7.61. The van der Waals surface area contributed by atoms with Crippen LogP contribution in [0.25, 0.3) is 0 Å². The quantitative estimate of drug-likeness (QED) is 0.377. The number of hydrogen-bond donors (Lipinski definition) is 1. The first kappa shape index (κ1) is 22.3. The van der Waals surface area contributed by atoms with Crippen molar-refractivity contribution in [2.24, 2.45) is 0 Å². The molecule has 152 valence electrons. The third kappa shape index (κ3) is 6.02. The van der Waals surface area contributed by atoms with Gasteiger partial charge in [0.25, 0.3) is 10.1 Å². The van der Waals surface area contributed by atoms with Gasteiger partial charge in [-0.05, 0) is 36.2 Å². The van der Waals surface area contributed by atoms with Crippen molar-refractivity contribution in [2.75, 3.05) is 11.9 Å². The van der Waals surface area contributed by atoms with E-state index in [1.165, 1.54) is 24.2 Å². The largest absolute Gasteiger partial charge is 0.326 e. The molecule has 1 amide bonds. The Bertz CT molecular complexity index is 880. The zero-order chi connectivity index (χ0) is 20.8. The van der Waals surface area contributed by atoms with Crippen LogP contribution < -0.4 is 10.5 Å².